The van der Waals surface area contributed by atoms with Crippen LogP contribution in [-0.4, -0.2) is 5.78 Å². The molecule has 0 saturated carbocycles. The fraction of sp³-hybridized carbons (Fsp3) is 0.154. The van der Waals surface area contributed by atoms with Crippen molar-refractivity contribution in [3.05, 3.63) is 58.3 Å². The van der Waals surface area contributed by atoms with Crippen molar-refractivity contribution in [2.24, 2.45) is 0 Å². The van der Waals surface area contributed by atoms with Gasteiger partial charge in [0.1, 0.15) is 0 Å². The van der Waals surface area contributed by atoms with Gasteiger partial charge >= 0.3 is 0 Å². The molecule has 0 unspecified atom stereocenters. The number of Topliss-reactive ketones (excluding diaryl/α,β-unsaturated/α-hetero) is 1. The van der Waals surface area contributed by atoms with Crippen molar-refractivity contribution in [2.45, 2.75) is 12.8 Å². The van der Waals surface area contributed by atoms with Crippen LogP contribution < -0.4 is 0 Å². The molecule has 0 bridgehead atoms. The number of aryl methyl sites for hydroxylation is 1. The number of hydrogen-bond donors (Lipinski definition) is 0. The van der Waals surface area contributed by atoms with Crippen molar-refractivity contribution < 1.29 is 4.79 Å². The van der Waals surface area contributed by atoms with Gasteiger partial charge in [-0.2, -0.15) is 0 Å². The molecule has 0 spiro atoms. The van der Waals surface area contributed by atoms with E-state index in [0.717, 1.165) is 11.3 Å². The molecule has 0 N–H and O–H groups in total. The standard InChI is InChI=1S/C13H12OS/c14-12(13-7-4-10-15-13)9-8-11-5-2-1-3-6-11/h1-7,10H,8-9H2. The molecule has 0 amide bonds. The van der Waals surface area contributed by atoms with E-state index in [-0.39, 0.29) is 5.78 Å². The first-order chi connectivity index (χ1) is 7.36. The summed E-state index contributed by atoms with van der Waals surface area (Å²) in [5.41, 5.74) is 1.22. The van der Waals surface area contributed by atoms with Crippen molar-refractivity contribution in [2.75, 3.05) is 0 Å². The lowest BCUT2D eigenvalue weighted by atomic mass is 10.1. The van der Waals surface area contributed by atoms with Crippen molar-refractivity contribution >= 4 is 17.1 Å². The van der Waals surface area contributed by atoms with Crippen LogP contribution in [0.4, 0.5) is 0 Å². The van der Waals surface area contributed by atoms with Crippen molar-refractivity contribution in [1.29, 1.82) is 0 Å². The Morgan fingerprint density at radius 2 is 1.87 bits per heavy atom. The van der Waals surface area contributed by atoms with Crippen LogP contribution in [0, 0.1) is 0 Å². The summed E-state index contributed by atoms with van der Waals surface area (Å²) in [6, 6.07) is 13.9. The number of benzene rings is 1. The van der Waals surface area contributed by atoms with Gasteiger partial charge in [0.15, 0.2) is 5.78 Å². The summed E-state index contributed by atoms with van der Waals surface area (Å²) in [5, 5.41) is 1.94. The fourth-order valence-corrected chi connectivity index (χ4v) is 2.16. The molecular formula is C13H12OS. The third kappa shape index (κ3) is 2.77. The summed E-state index contributed by atoms with van der Waals surface area (Å²) in [5.74, 6) is 0.244. The highest BCUT2D eigenvalue weighted by Gasteiger charge is 2.06. The van der Waals surface area contributed by atoms with E-state index in [4.69, 9.17) is 0 Å². The molecule has 1 nitrogen and oxygen atoms in total. The Bertz CT molecular complexity index is 417. The minimum absolute atomic E-state index is 0.244. The van der Waals surface area contributed by atoms with Crippen molar-refractivity contribution in [3.8, 4) is 0 Å². The normalized spacial score (nSPS) is 10.1. The maximum Gasteiger partial charge on any atom is 0.173 e. The van der Waals surface area contributed by atoms with Gasteiger partial charge in [-0.15, -0.1) is 11.3 Å². The van der Waals surface area contributed by atoms with Crippen molar-refractivity contribution in [1.82, 2.24) is 0 Å². The Labute approximate surface area is 93.4 Å². The average molecular weight is 216 g/mol. The topological polar surface area (TPSA) is 17.1 Å². The highest BCUT2D eigenvalue weighted by molar-refractivity contribution is 7.12. The molecule has 0 radical (unpaired) electrons. The molecule has 1 heterocycles. The monoisotopic (exact) mass is 216 g/mol. The van der Waals surface area contributed by atoms with Gasteiger partial charge in [0.05, 0.1) is 4.88 Å². The van der Waals surface area contributed by atoms with Crippen molar-refractivity contribution in [3.63, 3.8) is 0 Å². The molecule has 0 aliphatic heterocycles. The zero-order valence-electron chi connectivity index (χ0n) is 8.35. The van der Waals surface area contributed by atoms with E-state index in [1.807, 2.05) is 35.7 Å². The fourth-order valence-electron chi connectivity index (χ4n) is 1.46. The highest BCUT2D eigenvalue weighted by Crippen LogP contribution is 2.13. The van der Waals surface area contributed by atoms with Gasteiger partial charge < -0.3 is 0 Å². The number of thiophene rings is 1. The predicted molar refractivity (Wildman–Crippen MR) is 63.4 cm³/mol. The van der Waals surface area contributed by atoms with Crippen LogP contribution in [0.15, 0.2) is 47.8 Å². The molecule has 15 heavy (non-hydrogen) atoms. The lowest BCUT2D eigenvalue weighted by molar-refractivity contribution is 0.0987. The molecule has 0 aliphatic rings. The summed E-state index contributed by atoms with van der Waals surface area (Å²) in [6.07, 6.45) is 1.43. The summed E-state index contributed by atoms with van der Waals surface area (Å²) >= 11 is 1.52. The molecule has 1 aromatic heterocycles. The van der Waals surface area contributed by atoms with Crippen LogP contribution >= 0.6 is 11.3 Å². The summed E-state index contributed by atoms with van der Waals surface area (Å²) in [7, 11) is 0. The first-order valence-corrected chi connectivity index (χ1v) is 5.85. The van der Waals surface area contributed by atoms with Gasteiger partial charge in [-0.3, -0.25) is 4.79 Å². The van der Waals surface area contributed by atoms with Gasteiger partial charge in [0.2, 0.25) is 0 Å². The Kier molecular flexibility index (Phi) is 3.30. The Balaban J connectivity index is 1.92. The lowest BCUT2D eigenvalue weighted by Crippen LogP contribution is -1.98. The molecule has 2 rings (SSSR count). The van der Waals surface area contributed by atoms with Crippen LogP contribution in [0.1, 0.15) is 21.7 Å². The van der Waals surface area contributed by atoms with E-state index in [2.05, 4.69) is 12.1 Å². The quantitative estimate of drug-likeness (QED) is 0.714. The second kappa shape index (κ2) is 4.89. The highest BCUT2D eigenvalue weighted by atomic mass is 32.1. The number of carbonyl (C=O) groups is 1. The molecule has 2 aromatic rings. The second-order valence-corrected chi connectivity index (χ2v) is 4.33. The maximum atomic E-state index is 11.7. The van der Waals surface area contributed by atoms with E-state index in [9.17, 15) is 4.79 Å². The minimum Gasteiger partial charge on any atom is -0.293 e. The van der Waals surface area contributed by atoms with E-state index in [1.165, 1.54) is 16.9 Å². The third-order valence-electron chi connectivity index (χ3n) is 2.28. The maximum absolute atomic E-state index is 11.7. The van der Waals surface area contributed by atoms with Gasteiger partial charge in [0, 0.05) is 6.42 Å². The van der Waals surface area contributed by atoms with Crippen LogP contribution in [0.5, 0.6) is 0 Å². The van der Waals surface area contributed by atoms with Gasteiger partial charge in [-0.05, 0) is 23.4 Å². The van der Waals surface area contributed by atoms with Crippen LogP contribution in [0.25, 0.3) is 0 Å². The zero-order valence-corrected chi connectivity index (χ0v) is 9.17. The smallest absolute Gasteiger partial charge is 0.173 e. The zero-order chi connectivity index (χ0) is 10.5. The summed E-state index contributed by atoms with van der Waals surface area (Å²) in [6.45, 7) is 0. The van der Waals surface area contributed by atoms with Crippen LogP contribution in [-0.2, 0) is 6.42 Å². The molecular weight excluding hydrogens is 204 g/mol. The lowest BCUT2D eigenvalue weighted by Gasteiger charge is -1.99. The number of ketones is 1. The predicted octanol–water partition coefficient (Wildman–Crippen LogP) is 3.56. The molecule has 0 atom stereocenters. The van der Waals surface area contributed by atoms with Gasteiger partial charge in [-0.25, -0.2) is 0 Å². The Morgan fingerprint density at radius 3 is 2.53 bits per heavy atom. The summed E-state index contributed by atoms with van der Waals surface area (Å²) < 4.78 is 0. The molecule has 0 aliphatic carbocycles. The Hall–Kier alpha value is -1.41. The molecule has 76 valence electrons. The van der Waals surface area contributed by atoms with E-state index in [1.54, 1.807) is 0 Å². The van der Waals surface area contributed by atoms with E-state index >= 15 is 0 Å². The summed E-state index contributed by atoms with van der Waals surface area (Å²) in [4.78, 5) is 12.6. The Morgan fingerprint density at radius 1 is 1.07 bits per heavy atom. The van der Waals surface area contributed by atoms with Crippen LogP contribution in [0.3, 0.4) is 0 Å². The van der Waals surface area contributed by atoms with Gasteiger partial charge in [-0.1, -0.05) is 36.4 Å². The average Bonchev–Trinajstić information content (AvgIpc) is 2.81. The first kappa shape index (κ1) is 10.1. The number of carbonyl (C=O) groups excluding carboxylic acids is 1. The SMILES string of the molecule is O=C(CCc1ccccc1)c1cccs1. The number of rotatable bonds is 4. The molecule has 2 heteroatoms. The van der Waals surface area contributed by atoms with Crippen LogP contribution in [0.2, 0.25) is 0 Å². The number of hydrogen-bond acceptors (Lipinski definition) is 2. The van der Waals surface area contributed by atoms with E-state index in [0.29, 0.717) is 6.42 Å². The second-order valence-electron chi connectivity index (χ2n) is 3.39. The molecule has 0 saturated heterocycles. The van der Waals surface area contributed by atoms with Gasteiger partial charge in [0.25, 0.3) is 0 Å². The minimum atomic E-state index is 0.244. The third-order valence-corrected chi connectivity index (χ3v) is 3.19. The van der Waals surface area contributed by atoms with E-state index < -0.39 is 0 Å². The largest absolute Gasteiger partial charge is 0.293 e. The first-order valence-electron chi connectivity index (χ1n) is 4.97. The molecule has 0 fully saturated rings. The molecule has 1 aromatic carbocycles.